The standard InChI is InChI=1S/C14H16N2OS/c1-16(2)9-11-5-3-4-6-13(11)15-14(17)12-7-8-18-10-12/h3-8,10H,9H2,1-2H3,(H,15,17). The summed E-state index contributed by atoms with van der Waals surface area (Å²) in [5.74, 6) is -0.0533. The zero-order valence-electron chi connectivity index (χ0n) is 10.5. The highest BCUT2D eigenvalue weighted by atomic mass is 32.1. The minimum Gasteiger partial charge on any atom is -0.322 e. The van der Waals surface area contributed by atoms with Crippen molar-refractivity contribution in [3.8, 4) is 0 Å². The Labute approximate surface area is 111 Å². The number of thiophene rings is 1. The van der Waals surface area contributed by atoms with Gasteiger partial charge < -0.3 is 10.2 Å². The summed E-state index contributed by atoms with van der Waals surface area (Å²) in [6.07, 6.45) is 0. The van der Waals surface area contributed by atoms with Crippen molar-refractivity contribution in [1.82, 2.24) is 4.90 Å². The lowest BCUT2D eigenvalue weighted by atomic mass is 10.1. The van der Waals surface area contributed by atoms with E-state index in [1.165, 1.54) is 11.3 Å². The Hall–Kier alpha value is -1.65. The molecule has 0 radical (unpaired) electrons. The molecule has 0 saturated heterocycles. The lowest BCUT2D eigenvalue weighted by molar-refractivity contribution is 0.102. The van der Waals surface area contributed by atoms with Crippen molar-refractivity contribution >= 4 is 22.9 Å². The van der Waals surface area contributed by atoms with Crippen LogP contribution in [-0.2, 0) is 6.54 Å². The highest BCUT2D eigenvalue weighted by Gasteiger charge is 2.09. The maximum atomic E-state index is 12.0. The Bertz CT molecular complexity index is 520. The zero-order valence-corrected chi connectivity index (χ0v) is 11.3. The predicted octanol–water partition coefficient (Wildman–Crippen LogP) is 3.06. The van der Waals surface area contributed by atoms with E-state index < -0.39 is 0 Å². The van der Waals surface area contributed by atoms with Crippen LogP contribution in [0, 0.1) is 0 Å². The first-order valence-corrected chi connectivity index (χ1v) is 6.67. The van der Waals surface area contributed by atoms with Gasteiger partial charge in [-0.25, -0.2) is 0 Å². The molecule has 0 spiro atoms. The van der Waals surface area contributed by atoms with Crippen LogP contribution in [0.3, 0.4) is 0 Å². The number of hydrogen-bond donors (Lipinski definition) is 1. The largest absolute Gasteiger partial charge is 0.322 e. The van der Waals surface area contributed by atoms with Gasteiger partial charge >= 0.3 is 0 Å². The molecule has 0 fully saturated rings. The van der Waals surface area contributed by atoms with E-state index in [-0.39, 0.29) is 5.91 Å². The Morgan fingerprint density at radius 2 is 2.06 bits per heavy atom. The molecule has 1 aromatic heterocycles. The van der Waals surface area contributed by atoms with Crippen LogP contribution in [0.25, 0.3) is 0 Å². The minimum atomic E-state index is -0.0533. The van der Waals surface area contributed by atoms with Crippen molar-refractivity contribution in [2.24, 2.45) is 0 Å². The lowest BCUT2D eigenvalue weighted by Crippen LogP contribution is -2.16. The van der Waals surface area contributed by atoms with Crippen LogP contribution >= 0.6 is 11.3 Å². The molecule has 1 N–H and O–H groups in total. The quantitative estimate of drug-likeness (QED) is 0.916. The molecule has 0 bridgehead atoms. The molecule has 2 aromatic rings. The molecule has 2 rings (SSSR count). The number of rotatable bonds is 4. The maximum Gasteiger partial charge on any atom is 0.256 e. The Morgan fingerprint density at radius 3 is 2.72 bits per heavy atom. The minimum absolute atomic E-state index is 0.0533. The van der Waals surface area contributed by atoms with Gasteiger partial charge in [0.25, 0.3) is 5.91 Å². The van der Waals surface area contributed by atoms with E-state index in [0.717, 1.165) is 17.8 Å². The molecule has 4 heteroatoms. The first-order valence-electron chi connectivity index (χ1n) is 5.73. The summed E-state index contributed by atoms with van der Waals surface area (Å²) in [5, 5.41) is 6.71. The lowest BCUT2D eigenvalue weighted by Gasteiger charge is -2.14. The van der Waals surface area contributed by atoms with Gasteiger partial charge in [0.15, 0.2) is 0 Å². The molecular formula is C14H16N2OS. The summed E-state index contributed by atoms with van der Waals surface area (Å²) >= 11 is 1.52. The highest BCUT2D eigenvalue weighted by molar-refractivity contribution is 7.08. The number of para-hydroxylation sites is 1. The number of carbonyl (C=O) groups is 1. The van der Waals surface area contributed by atoms with Crippen LogP contribution in [0.15, 0.2) is 41.1 Å². The predicted molar refractivity (Wildman–Crippen MR) is 76.1 cm³/mol. The summed E-state index contributed by atoms with van der Waals surface area (Å²) in [5.41, 5.74) is 2.70. The van der Waals surface area contributed by atoms with Crippen molar-refractivity contribution in [2.45, 2.75) is 6.54 Å². The van der Waals surface area contributed by atoms with Crippen molar-refractivity contribution in [2.75, 3.05) is 19.4 Å². The van der Waals surface area contributed by atoms with Crippen LogP contribution in [-0.4, -0.2) is 24.9 Å². The molecular weight excluding hydrogens is 244 g/mol. The van der Waals surface area contributed by atoms with E-state index in [2.05, 4.69) is 10.2 Å². The van der Waals surface area contributed by atoms with Crippen LogP contribution in [0.1, 0.15) is 15.9 Å². The van der Waals surface area contributed by atoms with Crippen molar-refractivity contribution in [3.63, 3.8) is 0 Å². The monoisotopic (exact) mass is 260 g/mol. The van der Waals surface area contributed by atoms with Gasteiger partial charge in [0.05, 0.1) is 5.56 Å². The van der Waals surface area contributed by atoms with Crippen molar-refractivity contribution < 1.29 is 4.79 Å². The first kappa shape index (κ1) is 12.8. The second-order valence-electron chi connectivity index (χ2n) is 4.36. The molecule has 94 valence electrons. The van der Waals surface area contributed by atoms with E-state index in [4.69, 9.17) is 0 Å². The van der Waals surface area contributed by atoms with Gasteiger partial charge in [0.1, 0.15) is 0 Å². The summed E-state index contributed by atoms with van der Waals surface area (Å²) in [6, 6.07) is 9.71. The Morgan fingerprint density at radius 1 is 1.28 bits per heavy atom. The number of nitrogens with one attached hydrogen (secondary N) is 1. The molecule has 1 aromatic carbocycles. The van der Waals surface area contributed by atoms with Gasteiger partial charge in [-0.1, -0.05) is 18.2 Å². The fourth-order valence-corrected chi connectivity index (χ4v) is 2.34. The van der Waals surface area contributed by atoms with Gasteiger partial charge in [-0.3, -0.25) is 4.79 Å². The Kier molecular flexibility index (Phi) is 4.12. The Balaban J connectivity index is 2.16. The molecule has 1 heterocycles. The SMILES string of the molecule is CN(C)Cc1ccccc1NC(=O)c1ccsc1. The third-order valence-corrected chi connectivity index (χ3v) is 3.22. The van der Waals surface area contributed by atoms with E-state index in [1.807, 2.05) is 55.2 Å². The number of hydrogen-bond acceptors (Lipinski definition) is 3. The van der Waals surface area contributed by atoms with Gasteiger partial charge in [-0.2, -0.15) is 11.3 Å². The normalized spacial score (nSPS) is 10.6. The van der Waals surface area contributed by atoms with Gasteiger partial charge in [0.2, 0.25) is 0 Å². The molecule has 0 atom stereocenters. The second-order valence-corrected chi connectivity index (χ2v) is 5.14. The third kappa shape index (κ3) is 3.18. The average Bonchev–Trinajstić information content (AvgIpc) is 2.84. The topological polar surface area (TPSA) is 32.3 Å². The van der Waals surface area contributed by atoms with E-state index >= 15 is 0 Å². The third-order valence-electron chi connectivity index (χ3n) is 2.54. The number of amides is 1. The summed E-state index contributed by atoms with van der Waals surface area (Å²) in [4.78, 5) is 14.1. The van der Waals surface area contributed by atoms with E-state index in [9.17, 15) is 4.79 Å². The molecule has 0 saturated carbocycles. The summed E-state index contributed by atoms with van der Waals surface area (Å²) in [7, 11) is 4.02. The van der Waals surface area contributed by atoms with Gasteiger partial charge in [-0.05, 0) is 37.2 Å². The van der Waals surface area contributed by atoms with Crippen LogP contribution < -0.4 is 5.32 Å². The molecule has 1 amide bonds. The van der Waals surface area contributed by atoms with Crippen LogP contribution in [0.2, 0.25) is 0 Å². The molecule has 3 nitrogen and oxygen atoms in total. The molecule has 0 aliphatic rings. The number of benzene rings is 1. The van der Waals surface area contributed by atoms with Gasteiger partial charge in [0, 0.05) is 17.6 Å². The van der Waals surface area contributed by atoms with Gasteiger partial charge in [-0.15, -0.1) is 0 Å². The molecule has 0 aliphatic carbocycles. The second kappa shape index (κ2) is 5.80. The van der Waals surface area contributed by atoms with Crippen molar-refractivity contribution in [3.05, 3.63) is 52.2 Å². The summed E-state index contributed by atoms with van der Waals surface area (Å²) < 4.78 is 0. The summed E-state index contributed by atoms with van der Waals surface area (Å²) in [6.45, 7) is 0.806. The highest BCUT2D eigenvalue weighted by Crippen LogP contribution is 2.18. The molecule has 0 unspecified atom stereocenters. The first-order chi connectivity index (χ1) is 8.66. The fourth-order valence-electron chi connectivity index (χ4n) is 1.71. The number of carbonyl (C=O) groups excluding carboxylic acids is 1. The zero-order chi connectivity index (χ0) is 13.0. The van der Waals surface area contributed by atoms with Crippen LogP contribution in [0.5, 0.6) is 0 Å². The van der Waals surface area contributed by atoms with E-state index in [1.54, 1.807) is 0 Å². The average molecular weight is 260 g/mol. The van der Waals surface area contributed by atoms with E-state index in [0.29, 0.717) is 5.56 Å². The van der Waals surface area contributed by atoms with Crippen LogP contribution in [0.4, 0.5) is 5.69 Å². The fraction of sp³-hybridized carbons (Fsp3) is 0.214. The smallest absolute Gasteiger partial charge is 0.256 e. The molecule has 0 aliphatic heterocycles. The van der Waals surface area contributed by atoms with Crippen molar-refractivity contribution in [1.29, 1.82) is 0 Å². The molecule has 18 heavy (non-hydrogen) atoms. The number of anilines is 1. The number of nitrogens with zero attached hydrogens (tertiary/aromatic N) is 1. The maximum absolute atomic E-state index is 12.0.